The van der Waals surface area contributed by atoms with Gasteiger partial charge in [0, 0.05) is 0 Å². The topological polar surface area (TPSA) is 134 Å². The quantitative estimate of drug-likeness (QED) is 0.351. The highest BCUT2D eigenvalue weighted by molar-refractivity contribution is 5.85. The molecule has 0 bridgehead atoms. The second-order valence-electron chi connectivity index (χ2n) is 4.96. The molecule has 0 aliphatic rings. The Balaban J connectivity index is 1.93. The minimum absolute atomic E-state index is 0.00105. The fraction of sp³-hybridized carbons (Fsp3) is 0.118. The van der Waals surface area contributed by atoms with Crippen LogP contribution < -0.4 is 20.6 Å². The molecule has 0 heterocycles. The predicted molar refractivity (Wildman–Crippen MR) is 99.3 cm³/mol. The van der Waals surface area contributed by atoms with Crippen molar-refractivity contribution in [2.75, 3.05) is 14.2 Å². The Morgan fingerprint density at radius 1 is 0.962 bits per heavy atom. The van der Waals surface area contributed by atoms with Crippen LogP contribution in [0.3, 0.4) is 0 Å². The van der Waals surface area contributed by atoms with Crippen molar-refractivity contribution in [2.24, 2.45) is 21.0 Å². The molecule has 0 aliphatic heterocycles. The number of rotatable bonds is 6. The number of hydrogen-bond donors (Lipinski definition) is 4. The lowest BCUT2D eigenvalue weighted by molar-refractivity contribution is 0.373. The molecule has 0 fully saturated rings. The number of nitrogens with zero attached hydrogens (tertiary/aromatic N) is 3. The van der Waals surface area contributed by atoms with Crippen LogP contribution in [0.5, 0.6) is 23.0 Å². The second kappa shape index (κ2) is 8.92. The Kier molecular flexibility index (Phi) is 6.38. The van der Waals surface area contributed by atoms with Gasteiger partial charge in [0.15, 0.2) is 23.0 Å². The number of hydrogen-bond acceptors (Lipinski definition) is 7. The minimum Gasteiger partial charge on any atom is -0.504 e. The lowest BCUT2D eigenvalue weighted by Crippen LogP contribution is -2.26. The van der Waals surface area contributed by atoms with Gasteiger partial charge in [0.05, 0.1) is 26.6 Å². The lowest BCUT2D eigenvalue weighted by atomic mass is 10.2. The number of ether oxygens (including phenoxy) is 2. The van der Waals surface area contributed by atoms with Crippen LogP contribution in [0.1, 0.15) is 11.1 Å². The normalized spacial score (nSPS) is 11.8. The molecule has 0 atom stereocenters. The van der Waals surface area contributed by atoms with Gasteiger partial charge in [-0.2, -0.15) is 10.2 Å². The summed E-state index contributed by atoms with van der Waals surface area (Å²) in [6.07, 6.45) is 2.87. The van der Waals surface area contributed by atoms with Gasteiger partial charge < -0.3 is 25.4 Å². The molecule has 2 aromatic carbocycles. The van der Waals surface area contributed by atoms with Gasteiger partial charge in [-0.25, -0.2) is 5.43 Å². The number of guanidine groups is 1. The molecular formula is C17H19N5O4. The Labute approximate surface area is 150 Å². The number of nitrogens with two attached hydrogens (primary N) is 1. The summed E-state index contributed by atoms with van der Waals surface area (Å²) in [5.41, 5.74) is 9.38. The summed E-state index contributed by atoms with van der Waals surface area (Å²) >= 11 is 0. The number of benzene rings is 2. The number of aromatic hydroxyl groups is 2. The molecule has 26 heavy (non-hydrogen) atoms. The average Bonchev–Trinajstić information content (AvgIpc) is 2.62. The van der Waals surface area contributed by atoms with E-state index in [2.05, 4.69) is 20.7 Å². The van der Waals surface area contributed by atoms with Crippen molar-refractivity contribution in [1.82, 2.24) is 5.43 Å². The summed E-state index contributed by atoms with van der Waals surface area (Å²) in [7, 11) is 2.93. The molecule has 0 spiro atoms. The summed E-state index contributed by atoms with van der Waals surface area (Å²) in [6.45, 7) is 0. The van der Waals surface area contributed by atoms with E-state index in [-0.39, 0.29) is 17.5 Å². The molecule has 9 heteroatoms. The van der Waals surface area contributed by atoms with Crippen LogP contribution in [0.4, 0.5) is 0 Å². The van der Waals surface area contributed by atoms with E-state index in [0.29, 0.717) is 22.6 Å². The van der Waals surface area contributed by atoms with Crippen LogP contribution in [0.15, 0.2) is 51.7 Å². The Bertz CT molecular complexity index is 849. The van der Waals surface area contributed by atoms with Crippen molar-refractivity contribution in [3.63, 3.8) is 0 Å². The Morgan fingerprint density at radius 2 is 1.50 bits per heavy atom. The summed E-state index contributed by atoms with van der Waals surface area (Å²) in [5.74, 6) is 0.707. The fourth-order valence-electron chi connectivity index (χ4n) is 1.93. The largest absolute Gasteiger partial charge is 0.504 e. The monoisotopic (exact) mass is 357 g/mol. The summed E-state index contributed by atoms with van der Waals surface area (Å²) in [6, 6.07) is 9.61. The van der Waals surface area contributed by atoms with Crippen molar-refractivity contribution in [1.29, 1.82) is 0 Å². The van der Waals surface area contributed by atoms with E-state index in [0.717, 1.165) is 0 Å². The van der Waals surface area contributed by atoms with Gasteiger partial charge in [-0.05, 0) is 47.5 Å². The van der Waals surface area contributed by atoms with Gasteiger partial charge in [-0.15, -0.1) is 5.10 Å². The number of hydrazone groups is 1. The van der Waals surface area contributed by atoms with E-state index in [1.807, 2.05) is 0 Å². The molecular weight excluding hydrogens is 338 g/mol. The van der Waals surface area contributed by atoms with Crippen LogP contribution >= 0.6 is 0 Å². The van der Waals surface area contributed by atoms with Crippen LogP contribution in [0, 0.1) is 0 Å². The molecule has 5 N–H and O–H groups in total. The molecule has 0 aliphatic carbocycles. The highest BCUT2D eigenvalue weighted by Crippen LogP contribution is 2.26. The SMILES string of the molecule is COc1ccc(C=N/N=C(\N)NN=Cc2ccc(OC)c(O)c2)cc1O. The van der Waals surface area contributed by atoms with Gasteiger partial charge in [-0.3, -0.25) is 0 Å². The van der Waals surface area contributed by atoms with Gasteiger partial charge in [0.2, 0.25) is 5.96 Å². The van der Waals surface area contributed by atoms with Gasteiger partial charge >= 0.3 is 0 Å². The van der Waals surface area contributed by atoms with Crippen LogP contribution in [0.25, 0.3) is 0 Å². The molecule has 9 nitrogen and oxygen atoms in total. The number of phenolic OH excluding ortho intramolecular Hbond substituents is 2. The van der Waals surface area contributed by atoms with Gasteiger partial charge in [-0.1, -0.05) is 0 Å². The van der Waals surface area contributed by atoms with E-state index >= 15 is 0 Å². The van der Waals surface area contributed by atoms with E-state index in [1.54, 1.807) is 24.3 Å². The first-order chi connectivity index (χ1) is 12.5. The zero-order chi connectivity index (χ0) is 18.9. The van der Waals surface area contributed by atoms with E-state index < -0.39 is 0 Å². The first kappa shape index (κ1) is 18.6. The number of methoxy groups -OCH3 is 2. The maximum atomic E-state index is 9.68. The summed E-state index contributed by atoms with van der Waals surface area (Å²) in [4.78, 5) is 0. The highest BCUT2D eigenvalue weighted by Gasteiger charge is 2.01. The predicted octanol–water partition coefficient (Wildman–Crippen LogP) is 1.39. The van der Waals surface area contributed by atoms with Crippen molar-refractivity contribution < 1.29 is 19.7 Å². The van der Waals surface area contributed by atoms with Crippen molar-refractivity contribution in [3.05, 3.63) is 47.5 Å². The lowest BCUT2D eigenvalue weighted by Gasteiger charge is -2.03. The van der Waals surface area contributed by atoms with Gasteiger partial charge in [0.1, 0.15) is 0 Å². The number of nitrogens with one attached hydrogen (secondary N) is 1. The first-order valence-electron chi connectivity index (χ1n) is 7.43. The zero-order valence-electron chi connectivity index (χ0n) is 14.2. The Morgan fingerprint density at radius 3 is 2.00 bits per heavy atom. The maximum absolute atomic E-state index is 9.68. The van der Waals surface area contributed by atoms with Crippen molar-refractivity contribution in [2.45, 2.75) is 0 Å². The number of phenols is 2. The van der Waals surface area contributed by atoms with E-state index in [1.165, 1.54) is 38.8 Å². The Hall–Kier alpha value is -3.75. The maximum Gasteiger partial charge on any atom is 0.234 e. The molecule has 0 aromatic heterocycles. The van der Waals surface area contributed by atoms with Crippen LogP contribution in [-0.2, 0) is 0 Å². The standard InChI is InChI=1S/C17H19N5O4/c1-25-15-5-3-11(7-13(15)23)9-19-21-17(18)22-20-10-12-4-6-16(26-2)14(24)8-12/h3-10,23-24H,1-2H3,(H3,18,21,22). The fourth-order valence-corrected chi connectivity index (χ4v) is 1.93. The van der Waals surface area contributed by atoms with Crippen LogP contribution in [0.2, 0.25) is 0 Å². The highest BCUT2D eigenvalue weighted by atomic mass is 16.5. The van der Waals surface area contributed by atoms with Crippen molar-refractivity contribution >= 4 is 18.4 Å². The summed E-state index contributed by atoms with van der Waals surface area (Å²) in [5, 5.41) is 30.8. The minimum atomic E-state index is -0.0343. The second-order valence-corrected chi connectivity index (χ2v) is 4.96. The van der Waals surface area contributed by atoms with Crippen LogP contribution in [-0.4, -0.2) is 42.8 Å². The average molecular weight is 357 g/mol. The molecule has 0 amide bonds. The molecule has 0 saturated carbocycles. The smallest absolute Gasteiger partial charge is 0.234 e. The van der Waals surface area contributed by atoms with Crippen molar-refractivity contribution in [3.8, 4) is 23.0 Å². The third-order valence-electron chi connectivity index (χ3n) is 3.17. The molecule has 2 rings (SSSR count). The third-order valence-corrected chi connectivity index (χ3v) is 3.17. The molecule has 0 unspecified atom stereocenters. The molecule has 136 valence electrons. The summed E-state index contributed by atoms with van der Waals surface area (Å²) < 4.78 is 9.91. The molecule has 0 saturated heterocycles. The van der Waals surface area contributed by atoms with E-state index in [4.69, 9.17) is 15.2 Å². The first-order valence-corrected chi connectivity index (χ1v) is 7.43. The van der Waals surface area contributed by atoms with E-state index in [9.17, 15) is 10.2 Å². The van der Waals surface area contributed by atoms with Gasteiger partial charge in [0.25, 0.3) is 0 Å². The third kappa shape index (κ3) is 5.13. The molecule has 2 aromatic rings. The molecule has 0 radical (unpaired) electrons. The zero-order valence-corrected chi connectivity index (χ0v) is 14.2.